The van der Waals surface area contributed by atoms with Crippen molar-refractivity contribution in [3.05, 3.63) is 76.2 Å². The van der Waals surface area contributed by atoms with E-state index in [-0.39, 0.29) is 24.0 Å². The Morgan fingerprint density at radius 1 is 1.12 bits per heavy atom. The van der Waals surface area contributed by atoms with Crippen molar-refractivity contribution in [3.63, 3.8) is 0 Å². The van der Waals surface area contributed by atoms with E-state index in [0.29, 0.717) is 12.6 Å². The number of hydrogen-bond donors (Lipinski definition) is 2. The molecule has 0 amide bonds. The molecule has 32 heavy (non-hydrogen) atoms. The van der Waals surface area contributed by atoms with Gasteiger partial charge in [-0.25, -0.2) is 4.99 Å². The SMILES string of the molecule is CCNC(=NCc1cccc(Cn2cccn2)c1)NCC(c1cccs1)N1CCCC1.I. The zero-order valence-corrected chi connectivity index (χ0v) is 21.8. The summed E-state index contributed by atoms with van der Waals surface area (Å²) in [5.74, 6) is 0.876. The first-order chi connectivity index (χ1) is 15.3. The Balaban J connectivity index is 0.00000289. The number of aliphatic imine (C=N–C) groups is 1. The largest absolute Gasteiger partial charge is 0.357 e. The van der Waals surface area contributed by atoms with Crippen LogP contribution in [0.2, 0.25) is 0 Å². The van der Waals surface area contributed by atoms with E-state index in [1.54, 1.807) is 0 Å². The van der Waals surface area contributed by atoms with Gasteiger partial charge < -0.3 is 10.6 Å². The third-order valence-corrected chi connectivity index (χ3v) is 6.55. The Labute approximate surface area is 212 Å². The van der Waals surface area contributed by atoms with Crippen molar-refractivity contribution >= 4 is 41.3 Å². The molecular weight excluding hydrogens is 531 g/mol. The number of thiophene rings is 1. The zero-order valence-electron chi connectivity index (χ0n) is 18.6. The summed E-state index contributed by atoms with van der Waals surface area (Å²) < 4.78 is 1.94. The molecule has 172 valence electrons. The maximum Gasteiger partial charge on any atom is 0.191 e. The minimum atomic E-state index is 0. The summed E-state index contributed by atoms with van der Waals surface area (Å²) in [6.45, 7) is 7.61. The molecule has 1 atom stereocenters. The van der Waals surface area contributed by atoms with E-state index in [1.807, 2.05) is 34.5 Å². The van der Waals surface area contributed by atoms with Crippen molar-refractivity contribution in [2.45, 2.75) is 38.9 Å². The summed E-state index contributed by atoms with van der Waals surface area (Å²) in [6.07, 6.45) is 6.40. The van der Waals surface area contributed by atoms with Gasteiger partial charge in [0.1, 0.15) is 0 Å². The molecule has 1 saturated heterocycles. The molecule has 1 unspecified atom stereocenters. The maximum atomic E-state index is 4.86. The third-order valence-electron chi connectivity index (χ3n) is 5.58. The number of halogens is 1. The Morgan fingerprint density at radius 3 is 2.69 bits per heavy atom. The van der Waals surface area contributed by atoms with E-state index in [4.69, 9.17) is 4.99 Å². The van der Waals surface area contributed by atoms with Gasteiger partial charge in [0.2, 0.25) is 0 Å². The van der Waals surface area contributed by atoms with Crippen molar-refractivity contribution in [3.8, 4) is 0 Å². The molecule has 4 rings (SSSR count). The number of nitrogens with zero attached hydrogens (tertiary/aromatic N) is 4. The molecule has 0 bridgehead atoms. The van der Waals surface area contributed by atoms with Crippen LogP contribution in [0.5, 0.6) is 0 Å². The second-order valence-corrected chi connectivity index (χ2v) is 8.85. The van der Waals surface area contributed by atoms with Crippen LogP contribution in [-0.4, -0.2) is 46.8 Å². The van der Waals surface area contributed by atoms with Gasteiger partial charge in [-0.2, -0.15) is 5.10 Å². The second-order valence-electron chi connectivity index (χ2n) is 7.87. The fourth-order valence-corrected chi connectivity index (χ4v) is 4.92. The summed E-state index contributed by atoms with van der Waals surface area (Å²) in [5, 5.41) is 13.5. The molecule has 0 aliphatic carbocycles. The van der Waals surface area contributed by atoms with E-state index in [2.05, 4.69) is 69.3 Å². The van der Waals surface area contributed by atoms with Crippen LogP contribution in [0.25, 0.3) is 0 Å². The summed E-state index contributed by atoms with van der Waals surface area (Å²) in [4.78, 5) is 8.88. The highest BCUT2D eigenvalue weighted by atomic mass is 127. The average Bonchev–Trinajstić information content (AvgIpc) is 3.56. The Bertz CT molecular complexity index is 935. The molecule has 0 saturated carbocycles. The van der Waals surface area contributed by atoms with E-state index in [9.17, 15) is 0 Å². The topological polar surface area (TPSA) is 57.5 Å². The molecule has 0 spiro atoms. The van der Waals surface area contributed by atoms with Crippen molar-refractivity contribution in [1.82, 2.24) is 25.3 Å². The molecule has 2 N–H and O–H groups in total. The Hall–Kier alpha value is -1.91. The molecular formula is C24H33IN6S. The van der Waals surface area contributed by atoms with Crippen molar-refractivity contribution < 1.29 is 0 Å². The smallest absolute Gasteiger partial charge is 0.191 e. The minimum Gasteiger partial charge on any atom is -0.357 e. The van der Waals surface area contributed by atoms with Crippen LogP contribution in [0, 0.1) is 0 Å². The molecule has 6 nitrogen and oxygen atoms in total. The first-order valence-corrected chi connectivity index (χ1v) is 12.0. The predicted octanol–water partition coefficient (Wildman–Crippen LogP) is 4.50. The van der Waals surface area contributed by atoms with Gasteiger partial charge in [0, 0.05) is 30.4 Å². The number of likely N-dealkylation sites (tertiary alicyclic amines) is 1. The van der Waals surface area contributed by atoms with Gasteiger partial charge in [0.15, 0.2) is 5.96 Å². The number of guanidine groups is 1. The van der Waals surface area contributed by atoms with Gasteiger partial charge in [-0.3, -0.25) is 9.58 Å². The van der Waals surface area contributed by atoms with Gasteiger partial charge >= 0.3 is 0 Å². The average molecular weight is 565 g/mol. The highest BCUT2D eigenvalue weighted by Crippen LogP contribution is 2.27. The van der Waals surface area contributed by atoms with Gasteiger partial charge in [-0.05, 0) is 61.5 Å². The summed E-state index contributed by atoms with van der Waals surface area (Å²) in [5.41, 5.74) is 2.44. The zero-order chi connectivity index (χ0) is 21.3. The first-order valence-electron chi connectivity index (χ1n) is 11.2. The fraction of sp³-hybridized carbons (Fsp3) is 0.417. The van der Waals surface area contributed by atoms with E-state index in [0.717, 1.165) is 25.6 Å². The molecule has 1 aliphatic rings. The number of hydrogen-bond acceptors (Lipinski definition) is 4. The monoisotopic (exact) mass is 564 g/mol. The molecule has 1 aliphatic heterocycles. The van der Waals surface area contributed by atoms with Crippen molar-refractivity contribution in [2.75, 3.05) is 26.2 Å². The molecule has 0 radical (unpaired) electrons. The standard InChI is InChI=1S/C24H32N6S.HI/c1-2-25-24(27-18-22(23-10-6-15-31-23)29-12-3-4-13-29)26-17-20-8-5-9-21(16-20)19-30-14-7-11-28-30;/h5-11,14-16,22H,2-4,12-13,17-19H2,1H3,(H2,25,26,27);1H. The second kappa shape index (κ2) is 13.0. The van der Waals surface area contributed by atoms with Crippen LogP contribution in [0.1, 0.15) is 41.8 Å². The molecule has 3 aromatic rings. The number of benzene rings is 1. The lowest BCUT2D eigenvalue weighted by Crippen LogP contribution is -2.42. The number of aromatic nitrogens is 2. The normalized spacial score (nSPS) is 15.3. The van der Waals surface area contributed by atoms with Crippen LogP contribution < -0.4 is 10.6 Å². The summed E-state index contributed by atoms with van der Waals surface area (Å²) in [6, 6.07) is 15.4. The highest BCUT2D eigenvalue weighted by molar-refractivity contribution is 14.0. The molecule has 3 heterocycles. The van der Waals surface area contributed by atoms with Crippen molar-refractivity contribution in [1.29, 1.82) is 0 Å². The summed E-state index contributed by atoms with van der Waals surface area (Å²) in [7, 11) is 0. The maximum absolute atomic E-state index is 4.86. The Morgan fingerprint density at radius 2 is 1.97 bits per heavy atom. The van der Waals surface area contributed by atoms with E-state index >= 15 is 0 Å². The lowest BCUT2D eigenvalue weighted by Gasteiger charge is -2.27. The predicted molar refractivity (Wildman–Crippen MR) is 144 cm³/mol. The van der Waals surface area contributed by atoms with Crippen LogP contribution in [0.4, 0.5) is 0 Å². The van der Waals surface area contributed by atoms with E-state index in [1.165, 1.54) is 41.9 Å². The van der Waals surface area contributed by atoms with E-state index < -0.39 is 0 Å². The molecule has 1 fully saturated rings. The first kappa shape index (κ1) is 24.7. The Kier molecular flexibility index (Phi) is 10.0. The van der Waals surface area contributed by atoms with Crippen LogP contribution in [0.15, 0.2) is 65.2 Å². The fourth-order valence-electron chi connectivity index (χ4n) is 4.06. The van der Waals surface area contributed by atoms with Crippen molar-refractivity contribution in [2.24, 2.45) is 4.99 Å². The quantitative estimate of drug-likeness (QED) is 0.228. The van der Waals surface area contributed by atoms with Gasteiger partial charge in [-0.15, -0.1) is 35.3 Å². The molecule has 1 aromatic carbocycles. The van der Waals surface area contributed by atoms with Crippen LogP contribution in [0.3, 0.4) is 0 Å². The van der Waals surface area contributed by atoms with Gasteiger partial charge in [0.05, 0.1) is 19.1 Å². The van der Waals surface area contributed by atoms with Crippen LogP contribution in [-0.2, 0) is 13.1 Å². The molecule has 8 heteroatoms. The lowest BCUT2D eigenvalue weighted by atomic mass is 10.1. The lowest BCUT2D eigenvalue weighted by molar-refractivity contribution is 0.249. The highest BCUT2D eigenvalue weighted by Gasteiger charge is 2.24. The van der Waals surface area contributed by atoms with Gasteiger partial charge in [0.25, 0.3) is 0 Å². The third kappa shape index (κ3) is 7.05. The minimum absolute atomic E-state index is 0. The molecule has 2 aromatic heterocycles. The number of nitrogens with one attached hydrogen (secondary N) is 2. The number of rotatable bonds is 9. The van der Waals surface area contributed by atoms with Crippen LogP contribution >= 0.6 is 35.3 Å². The summed E-state index contributed by atoms with van der Waals surface area (Å²) >= 11 is 1.85. The van der Waals surface area contributed by atoms with Gasteiger partial charge in [-0.1, -0.05) is 30.3 Å².